The Balaban J connectivity index is 0.000000325. The lowest BCUT2D eigenvalue weighted by molar-refractivity contribution is -0.107. The zero-order valence-corrected chi connectivity index (χ0v) is 10.6. The Morgan fingerprint density at radius 2 is 1.88 bits per heavy atom. The Kier molecular flexibility index (Phi) is 8.87. The van der Waals surface area contributed by atoms with Gasteiger partial charge in [0, 0.05) is 12.0 Å². The molecule has 0 N–H and O–H groups in total. The van der Waals surface area contributed by atoms with Crippen LogP contribution < -0.4 is 0 Å². The number of unbranched alkanes of at least 4 members (excludes halogenated alkanes) is 2. The molecule has 0 bridgehead atoms. The van der Waals surface area contributed by atoms with Crippen molar-refractivity contribution in [2.75, 3.05) is 0 Å². The second-order valence-corrected chi connectivity index (χ2v) is 3.91. The minimum atomic E-state index is 0.409. The molecule has 1 aromatic rings. The topological polar surface area (TPSA) is 34.1 Å². The van der Waals surface area contributed by atoms with Gasteiger partial charge in [-0.05, 0) is 18.6 Å². The maximum atomic E-state index is 10.2. The van der Waals surface area contributed by atoms with Crippen molar-refractivity contribution in [3.8, 4) is 0 Å². The second-order valence-electron chi connectivity index (χ2n) is 3.10. The van der Waals surface area contributed by atoms with Gasteiger partial charge in [0.25, 0.3) is 0 Å². The highest BCUT2D eigenvalue weighted by Gasteiger charge is 1.96. The van der Waals surface area contributed by atoms with E-state index in [1.807, 2.05) is 0 Å². The van der Waals surface area contributed by atoms with E-state index in [2.05, 4.69) is 6.92 Å². The summed E-state index contributed by atoms with van der Waals surface area (Å²) < 4.78 is 0. The number of halogens is 2. The maximum absolute atomic E-state index is 10.2. The number of carbonyl (C=O) groups excluding carboxylic acids is 2. The lowest BCUT2D eigenvalue weighted by Gasteiger charge is -1.93. The van der Waals surface area contributed by atoms with E-state index in [9.17, 15) is 9.59 Å². The monoisotopic (exact) mass is 260 g/mol. The van der Waals surface area contributed by atoms with Gasteiger partial charge in [-0.3, -0.25) is 4.79 Å². The molecule has 0 aliphatic heterocycles. The summed E-state index contributed by atoms with van der Waals surface area (Å²) in [7, 11) is 0. The van der Waals surface area contributed by atoms with Gasteiger partial charge in [-0.2, -0.15) is 0 Å². The van der Waals surface area contributed by atoms with Crippen molar-refractivity contribution in [1.82, 2.24) is 0 Å². The van der Waals surface area contributed by atoms with Gasteiger partial charge in [-0.25, -0.2) is 0 Å². The molecular weight excluding hydrogens is 247 g/mol. The maximum Gasteiger partial charge on any atom is 0.150 e. The van der Waals surface area contributed by atoms with E-state index in [0.29, 0.717) is 15.6 Å². The predicted molar refractivity (Wildman–Crippen MR) is 67.4 cm³/mol. The molecule has 1 aromatic carbocycles. The van der Waals surface area contributed by atoms with Crippen molar-refractivity contribution in [3.05, 3.63) is 33.8 Å². The summed E-state index contributed by atoms with van der Waals surface area (Å²) in [6.45, 7) is 2.07. The van der Waals surface area contributed by atoms with E-state index in [0.717, 1.165) is 31.8 Å². The van der Waals surface area contributed by atoms with Crippen LogP contribution in [0.25, 0.3) is 0 Å². The van der Waals surface area contributed by atoms with Crippen LogP contribution in [0.3, 0.4) is 0 Å². The minimum absolute atomic E-state index is 0.409. The van der Waals surface area contributed by atoms with Crippen molar-refractivity contribution < 1.29 is 9.59 Å². The van der Waals surface area contributed by atoms with Crippen LogP contribution in [0.1, 0.15) is 36.5 Å². The zero-order chi connectivity index (χ0) is 12.4. The Labute approximate surface area is 106 Å². The molecule has 88 valence electrons. The highest BCUT2D eigenvalue weighted by molar-refractivity contribution is 6.42. The van der Waals surface area contributed by atoms with Crippen LogP contribution in [0.4, 0.5) is 0 Å². The number of hydrogen-bond acceptors (Lipinski definition) is 2. The van der Waals surface area contributed by atoms with E-state index in [1.54, 1.807) is 12.1 Å². The fourth-order valence-electron chi connectivity index (χ4n) is 0.873. The van der Waals surface area contributed by atoms with Crippen LogP contribution in [-0.2, 0) is 4.79 Å². The predicted octanol–water partition coefficient (Wildman–Crippen LogP) is 4.18. The van der Waals surface area contributed by atoms with Crippen molar-refractivity contribution in [2.45, 2.75) is 26.2 Å². The van der Waals surface area contributed by atoms with Gasteiger partial charge >= 0.3 is 0 Å². The third-order valence-electron chi connectivity index (χ3n) is 1.76. The smallest absolute Gasteiger partial charge is 0.150 e. The van der Waals surface area contributed by atoms with Crippen LogP contribution in [-0.4, -0.2) is 12.6 Å². The Hall–Kier alpha value is -0.860. The molecule has 0 atom stereocenters. The van der Waals surface area contributed by atoms with Crippen molar-refractivity contribution in [2.24, 2.45) is 0 Å². The molecule has 0 spiro atoms. The Bertz CT molecular complexity index is 338. The van der Waals surface area contributed by atoms with Gasteiger partial charge in [0.2, 0.25) is 0 Å². The van der Waals surface area contributed by atoms with E-state index < -0.39 is 0 Å². The summed E-state index contributed by atoms with van der Waals surface area (Å²) in [6, 6.07) is 4.73. The zero-order valence-electron chi connectivity index (χ0n) is 9.08. The largest absolute Gasteiger partial charge is 0.303 e. The molecule has 16 heavy (non-hydrogen) atoms. The van der Waals surface area contributed by atoms with Crippen LogP contribution in [0, 0.1) is 0 Å². The van der Waals surface area contributed by atoms with Crippen molar-refractivity contribution >= 4 is 35.8 Å². The molecule has 0 aliphatic rings. The van der Waals surface area contributed by atoms with E-state index in [1.165, 1.54) is 6.07 Å². The van der Waals surface area contributed by atoms with Crippen molar-refractivity contribution in [3.63, 3.8) is 0 Å². The number of rotatable bonds is 4. The second kappa shape index (κ2) is 9.37. The molecule has 0 unspecified atom stereocenters. The molecule has 4 heteroatoms. The lowest BCUT2D eigenvalue weighted by Crippen LogP contribution is -1.77. The minimum Gasteiger partial charge on any atom is -0.303 e. The Morgan fingerprint density at radius 3 is 2.25 bits per heavy atom. The molecule has 2 nitrogen and oxygen atoms in total. The first-order valence-corrected chi connectivity index (χ1v) is 5.75. The van der Waals surface area contributed by atoms with Crippen LogP contribution >= 0.6 is 23.2 Å². The average Bonchev–Trinajstić information content (AvgIpc) is 2.31. The number of aldehydes is 2. The third-order valence-corrected chi connectivity index (χ3v) is 2.49. The van der Waals surface area contributed by atoms with E-state index >= 15 is 0 Å². The summed E-state index contributed by atoms with van der Waals surface area (Å²) in [6.07, 6.45) is 4.59. The SMILES string of the molecule is CCCCC=O.O=Cc1ccc(Cl)c(Cl)c1. The molecule has 0 heterocycles. The van der Waals surface area contributed by atoms with E-state index in [-0.39, 0.29) is 0 Å². The van der Waals surface area contributed by atoms with Gasteiger partial charge in [-0.15, -0.1) is 0 Å². The normalized spacial score (nSPS) is 8.94. The number of carbonyl (C=O) groups is 2. The van der Waals surface area contributed by atoms with Crippen LogP contribution in [0.15, 0.2) is 18.2 Å². The van der Waals surface area contributed by atoms with Gasteiger partial charge in [0.15, 0.2) is 0 Å². The third kappa shape index (κ3) is 6.59. The fourth-order valence-corrected chi connectivity index (χ4v) is 1.18. The van der Waals surface area contributed by atoms with E-state index in [4.69, 9.17) is 23.2 Å². The summed E-state index contributed by atoms with van der Waals surface area (Å²) in [4.78, 5) is 19.7. The fraction of sp³-hybridized carbons (Fsp3) is 0.333. The first-order chi connectivity index (χ1) is 7.65. The summed E-state index contributed by atoms with van der Waals surface area (Å²) >= 11 is 11.2. The van der Waals surface area contributed by atoms with Crippen molar-refractivity contribution in [1.29, 1.82) is 0 Å². The highest BCUT2D eigenvalue weighted by Crippen LogP contribution is 2.21. The molecule has 0 aromatic heterocycles. The standard InChI is InChI=1S/C7H4Cl2O.C5H10O/c8-6-2-1-5(4-10)3-7(6)9;1-2-3-4-5-6/h1-4H;5H,2-4H2,1H3. The van der Waals surface area contributed by atoms with Crippen LogP contribution in [0.5, 0.6) is 0 Å². The van der Waals surface area contributed by atoms with Gasteiger partial charge < -0.3 is 4.79 Å². The molecule has 0 radical (unpaired) electrons. The average molecular weight is 261 g/mol. The van der Waals surface area contributed by atoms with Gasteiger partial charge in [-0.1, -0.05) is 42.6 Å². The molecule has 0 aliphatic carbocycles. The number of benzene rings is 1. The first-order valence-electron chi connectivity index (χ1n) is 4.99. The quantitative estimate of drug-likeness (QED) is 0.601. The lowest BCUT2D eigenvalue weighted by atomic mass is 10.2. The van der Waals surface area contributed by atoms with Gasteiger partial charge in [0.05, 0.1) is 10.0 Å². The molecule has 0 saturated heterocycles. The summed E-state index contributed by atoms with van der Waals surface area (Å²) in [5.41, 5.74) is 0.536. The highest BCUT2D eigenvalue weighted by atomic mass is 35.5. The summed E-state index contributed by atoms with van der Waals surface area (Å²) in [5, 5.41) is 0.874. The number of hydrogen-bond donors (Lipinski definition) is 0. The molecule has 0 fully saturated rings. The van der Waals surface area contributed by atoms with Gasteiger partial charge in [0.1, 0.15) is 12.6 Å². The Morgan fingerprint density at radius 1 is 1.19 bits per heavy atom. The molecule has 1 rings (SSSR count). The molecule has 0 amide bonds. The molecule has 0 saturated carbocycles. The first kappa shape index (κ1) is 15.1. The molecular formula is C12H14Cl2O2. The summed E-state index contributed by atoms with van der Waals surface area (Å²) in [5.74, 6) is 0. The van der Waals surface area contributed by atoms with Crippen LogP contribution in [0.2, 0.25) is 10.0 Å².